The lowest BCUT2D eigenvalue weighted by Gasteiger charge is -2.25. The molecule has 4 nitrogen and oxygen atoms in total. The zero-order chi connectivity index (χ0) is 23.0. The van der Waals surface area contributed by atoms with Crippen LogP contribution >= 0.6 is 23.2 Å². The van der Waals surface area contributed by atoms with Crippen molar-refractivity contribution in [2.45, 2.75) is 12.6 Å². The number of carbonyl (C=O) groups excluding carboxylic acids is 2. The van der Waals surface area contributed by atoms with Crippen molar-refractivity contribution in [2.75, 3.05) is 0 Å². The number of halogens is 4. The molecule has 3 aromatic carbocycles. The van der Waals surface area contributed by atoms with Gasteiger partial charge in [0.05, 0.1) is 21.7 Å². The minimum Gasteiger partial charge on any atom is -0.507 e. The summed E-state index contributed by atoms with van der Waals surface area (Å²) in [7, 11) is 0. The second-order valence-electron chi connectivity index (χ2n) is 7.23. The summed E-state index contributed by atoms with van der Waals surface area (Å²) in [5, 5.41) is 11.4. The molecule has 1 heterocycles. The van der Waals surface area contributed by atoms with E-state index >= 15 is 0 Å². The van der Waals surface area contributed by atoms with E-state index in [1.807, 2.05) is 0 Å². The fourth-order valence-corrected chi connectivity index (χ4v) is 3.92. The molecular formula is C24H15Cl2F2NO3. The Labute approximate surface area is 192 Å². The first-order valence-corrected chi connectivity index (χ1v) is 10.3. The number of rotatable bonds is 4. The maximum Gasteiger partial charge on any atom is 0.295 e. The van der Waals surface area contributed by atoms with E-state index in [9.17, 15) is 23.5 Å². The van der Waals surface area contributed by atoms with Gasteiger partial charge in [-0.1, -0.05) is 47.5 Å². The van der Waals surface area contributed by atoms with E-state index in [1.54, 1.807) is 0 Å². The SMILES string of the molecule is O=C1C(=O)N(Cc2ccc(F)cc2)C(c2ccc(F)cc2)/C1=C(/O)c1ccc(Cl)c(Cl)c1. The zero-order valence-corrected chi connectivity index (χ0v) is 17.9. The largest absolute Gasteiger partial charge is 0.507 e. The molecule has 1 amide bonds. The second kappa shape index (κ2) is 8.73. The van der Waals surface area contributed by atoms with Crippen LogP contribution in [0.3, 0.4) is 0 Å². The van der Waals surface area contributed by atoms with Gasteiger partial charge in [-0.05, 0) is 53.6 Å². The Balaban J connectivity index is 1.86. The quantitative estimate of drug-likeness (QED) is 0.291. The molecule has 1 atom stereocenters. The van der Waals surface area contributed by atoms with Crippen LogP contribution < -0.4 is 0 Å². The van der Waals surface area contributed by atoms with Gasteiger partial charge in [-0.2, -0.15) is 0 Å². The van der Waals surface area contributed by atoms with E-state index in [1.165, 1.54) is 71.6 Å². The van der Waals surface area contributed by atoms with E-state index in [4.69, 9.17) is 23.2 Å². The molecule has 0 saturated carbocycles. The summed E-state index contributed by atoms with van der Waals surface area (Å²) in [5.41, 5.74) is 1.04. The van der Waals surface area contributed by atoms with Gasteiger partial charge in [-0.15, -0.1) is 0 Å². The molecule has 0 radical (unpaired) electrons. The van der Waals surface area contributed by atoms with Crippen molar-refractivity contribution in [1.29, 1.82) is 0 Å². The van der Waals surface area contributed by atoms with Gasteiger partial charge >= 0.3 is 0 Å². The Morgan fingerprint density at radius 1 is 0.875 bits per heavy atom. The molecule has 0 bridgehead atoms. The molecule has 1 aliphatic heterocycles. The third-order valence-corrected chi connectivity index (χ3v) is 5.92. The molecule has 1 aliphatic rings. The molecule has 1 unspecified atom stereocenters. The van der Waals surface area contributed by atoms with Crippen molar-refractivity contribution in [3.8, 4) is 0 Å². The van der Waals surface area contributed by atoms with Crippen LogP contribution in [0.15, 0.2) is 72.3 Å². The summed E-state index contributed by atoms with van der Waals surface area (Å²) in [6, 6.07) is 14.1. The first-order valence-electron chi connectivity index (χ1n) is 9.50. The van der Waals surface area contributed by atoms with Crippen LogP contribution in [0, 0.1) is 11.6 Å². The van der Waals surface area contributed by atoms with Crippen molar-refractivity contribution in [1.82, 2.24) is 4.90 Å². The standard InChI is InChI=1S/C24H15Cl2F2NO3/c25-18-10-5-15(11-19(18)26)22(30)20-21(14-3-8-17(28)9-4-14)29(24(32)23(20)31)12-13-1-6-16(27)7-2-13/h1-11,21,30H,12H2/b22-20-. The van der Waals surface area contributed by atoms with Gasteiger partial charge in [0, 0.05) is 12.1 Å². The molecule has 3 aromatic rings. The molecule has 8 heteroatoms. The van der Waals surface area contributed by atoms with E-state index in [-0.39, 0.29) is 27.7 Å². The van der Waals surface area contributed by atoms with Gasteiger partial charge in [0.15, 0.2) is 0 Å². The average Bonchev–Trinajstić information content (AvgIpc) is 3.02. The Hall–Kier alpha value is -3.22. The van der Waals surface area contributed by atoms with Gasteiger partial charge in [0.1, 0.15) is 17.4 Å². The minimum absolute atomic E-state index is 0.0228. The molecule has 0 spiro atoms. The van der Waals surface area contributed by atoms with Crippen molar-refractivity contribution < 1.29 is 23.5 Å². The number of hydrogen-bond acceptors (Lipinski definition) is 3. The highest BCUT2D eigenvalue weighted by atomic mass is 35.5. The Morgan fingerprint density at radius 2 is 1.47 bits per heavy atom. The fraction of sp³-hybridized carbons (Fsp3) is 0.0833. The number of nitrogens with zero attached hydrogens (tertiary/aromatic N) is 1. The third-order valence-electron chi connectivity index (χ3n) is 5.18. The van der Waals surface area contributed by atoms with Crippen LogP contribution in [0.2, 0.25) is 10.0 Å². The van der Waals surface area contributed by atoms with Crippen molar-refractivity contribution in [3.63, 3.8) is 0 Å². The van der Waals surface area contributed by atoms with E-state index in [2.05, 4.69) is 0 Å². The smallest absolute Gasteiger partial charge is 0.295 e. The number of aliphatic hydroxyl groups excluding tert-OH is 1. The molecule has 32 heavy (non-hydrogen) atoms. The topological polar surface area (TPSA) is 57.6 Å². The highest BCUT2D eigenvalue weighted by molar-refractivity contribution is 6.46. The van der Waals surface area contributed by atoms with Crippen molar-refractivity contribution >= 4 is 40.7 Å². The Bertz CT molecular complexity index is 1240. The lowest BCUT2D eigenvalue weighted by atomic mass is 9.95. The highest BCUT2D eigenvalue weighted by Gasteiger charge is 2.46. The van der Waals surface area contributed by atoms with E-state index in [0.29, 0.717) is 11.1 Å². The molecule has 0 aliphatic carbocycles. The second-order valence-corrected chi connectivity index (χ2v) is 8.05. The number of amides is 1. The molecule has 0 aromatic heterocycles. The summed E-state index contributed by atoms with van der Waals surface area (Å²) in [5.74, 6) is -3.10. The lowest BCUT2D eigenvalue weighted by molar-refractivity contribution is -0.140. The number of likely N-dealkylation sites (tertiary alicyclic amines) is 1. The van der Waals surface area contributed by atoms with Gasteiger partial charge in [-0.3, -0.25) is 9.59 Å². The van der Waals surface area contributed by atoms with Gasteiger partial charge < -0.3 is 10.0 Å². The highest BCUT2D eigenvalue weighted by Crippen LogP contribution is 2.41. The summed E-state index contributed by atoms with van der Waals surface area (Å²) in [4.78, 5) is 27.2. The number of benzene rings is 3. The number of carbonyl (C=O) groups is 2. The third kappa shape index (κ3) is 4.11. The predicted molar refractivity (Wildman–Crippen MR) is 117 cm³/mol. The summed E-state index contributed by atoms with van der Waals surface area (Å²) in [6.07, 6.45) is 0. The van der Waals surface area contributed by atoms with Crippen LogP contribution in [0.25, 0.3) is 5.76 Å². The average molecular weight is 474 g/mol. The number of hydrogen-bond donors (Lipinski definition) is 1. The molecule has 1 fully saturated rings. The predicted octanol–water partition coefficient (Wildman–Crippen LogP) is 5.89. The van der Waals surface area contributed by atoms with E-state index < -0.39 is 35.1 Å². The van der Waals surface area contributed by atoms with E-state index in [0.717, 1.165) is 0 Å². The maximum absolute atomic E-state index is 13.5. The molecule has 162 valence electrons. The number of Topliss-reactive ketones (excluding diaryl/α,β-unsaturated/α-hetero) is 1. The minimum atomic E-state index is -0.991. The maximum atomic E-state index is 13.5. The van der Waals surface area contributed by atoms with Gasteiger partial charge in [0.25, 0.3) is 11.7 Å². The van der Waals surface area contributed by atoms with Crippen LogP contribution in [0.4, 0.5) is 8.78 Å². The fourth-order valence-electron chi connectivity index (χ4n) is 3.62. The number of aliphatic hydroxyl groups is 1. The first-order chi connectivity index (χ1) is 15.3. The van der Waals surface area contributed by atoms with Crippen LogP contribution in [-0.4, -0.2) is 21.7 Å². The molecule has 1 saturated heterocycles. The van der Waals surface area contributed by atoms with Crippen molar-refractivity contribution in [3.05, 3.63) is 111 Å². The monoisotopic (exact) mass is 473 g/mol. The van der Waals surface area contributed by atoms with Gasteiger partial charge in [0.2, 0.25) is 0 Å². The normalized spacial score (nSPS) is 17.8. The summed E-state index contributed by atoms with van der Waals surface area (Å²) in [6.45, 7) is -0.0228. The summed E-state index contributed by atoms with van der Waals surface area (Å²) < 4.78 is 26.8. The van der Waals surface area contributed by atoms with Crippen LogP contribution in [-0.2, 0) is 16.1 Å². The Kier molecular flexibility index (Phi) is 6.00. The zero-order valence-electron chi connectivity index (χ0n) is 16.4. The first kappa shape index (κ1) is 22.0. The molecule has 4 rings (SSSR count). The Morgan fingerprint density at radius 3 is 2.06 bits per heavy atom. The molecular weight excluding hydrogens is 459 g/mol. The van der Waals surface area contributed by atoms with Crippen molar-refractivity contribution in [2.24, 2.45) is 0 Å². The lowest BCUT2D eigenvalue weighted by Crippen LogP contribution is -2.29. The van der Waals surface area contributed by atoms with Crippen LogP contribution in [0.1, 0.15) is 22.7 Å². The van der Waals surface area contributed by atoms with Crippen LogP contribution in [0.5, 0.6) is 0 Å². The number of ketones is 1. The van der Waals surface area contributed by atoms with Gasteiger partial charge in [-0.25, -0.2) is 8.78 Å². The molecule has 1 N–H and O–H groups in total. The summed E-state index contributed by atoms with van der Waals surface area (Å²) >= 11 is 12.0.